The van der Waals surface area contributed by atoms with Crippen molar-refractivity contribution in [2.75, 3.05) is 11.4 Å². The van der Waals surface area contributed by atoms with Gasteiger partial charge >= 0.3 is 6.18 Å². The van der Waals surface area contributed by atoms with E-state index in [4.69, 9.17) is 0 Å². The fraction of sp³-hybridized carbons (Fsp3) is 0.429. The standard InChI is InChI=1S/C21H27F3N2O2S/c1-14(2)26(18-9-7-6-8-10-18)13-19(21(22,23)24)25-29(27,28)20-16(4)11-15(3)12-17(20)5/h6-12,14,19,25H,13H2,1-5H3. The maximum absolute atomic E-state index is 13.8. The van der Waals surface area contributed by atoms with Crippen molar-refractivity contribution < 1.29 is 21.6 Å². The molecule has 1 unspecified atom stereocenters. The topological polar surface area (TPSA) is 49.4 Å². The van der Waals surface area contributed by atoms with Crippen molar-refractivity contribution >= 4 is 15.7 Å². The Labute approximate surface area is 170 Å². The summed E-state index contributed by atoms with van der Waals surface area (Å²) >= 11 is 0. The number of benzene rings is 2. The number of nitrogens with one attached hydrogen (secondary N) is 1. The lowest BCUT2D eigenvalue weighted by Gasteiger charge is -2.34. The molecule has 4 nitrogen and oxygen atoms in total. The Morgan fingerprint density at radius 2 is 1.52 bits per heavy atom. The summed E-state index contributed by atoms with van der Waals surface area (Å²) in [5, 5.41) is 0. The highest BCUT2D eigenvalue weighted by Gasteiger charge is 2.44. The fourth-order valence-corrected chi connectivity index (χ4v) is 5.14. The molecule has 8 heteroatoms. The minimum atomic E-state index is -4.75. The smallest absolute Gasteiger partial charge is 0.367 e. The molecule has 0 aliphatic rings. The number of nitrogens with zero attached hydrogens (tertiary/aromatic N) is 1. The van der Waals surface area contributed by atoms with Crippen LogP contribution in [0.3, 0.4) is 0 Å². The first-order chi connectivity index (χ1) is 13.3. The Balaban J connectivity index is 2.41. The molecule has 0 fully saturated rings. The molecule has 29 heavy (non-hydrogen) atoms. The molecule has 0 saturated carbocycles. The number of para-hydroxylation sites is 1. The molecule has 0 spiro atoms. The van der Waals surface area contributed by atoms with E-state index >= 15 is 0 Å². The molecule has 0 aliphatic heterocycles. The van der Waals surface area contributed by atoms with Gasteiger partial charge in [0.2, 0.25) is 10.0 Å². The highest BCUT2D eigenvalue weighted by Crippen LogP contribution is 2.28. The van der Waals surface area contributed by atoms with Crippen LogP contribution in [0, 0.1) is 20.8 Å². The SMILES string of the molecule is Cc1cc(C)c(S(=O)(=O)NC(CN(c2ccccc2)C(C)C)C(F)(F)F)c(C)c1. The average molecular weight is 429 g/mol. The van der Waals surface area contributed by atoms with Gasteiger partial charge in [0.1, 0.15) is 6.04 Å². The summed E-state index contributed by atoms with van der Waals surface area (Å²) in [5.74, 6) is 0. The molecule has 0 heterocycles. The lowest BCUT2D eigenvalue weighted by atomic mass is 10.1. The van der Waals surface area contributed by atoms with E-state index in [2.05, 4.69) is 0 Å². The van der Waals surface area contributed by atoms with Crippen molar-refractivity contribution in [1.82, 2.24) is 4.72 Å². The second-order valence-corrected chi connectivity index (χ2v) is 9.18. The van der Waals surface area contributed by atoms with Crippen LogP contribution < -0.4 is 9.62 Å². The lowest BCUT2D eigenvalue weighted by molar-refractivity contribution is -0.149. The number of hydrogen-bond acceptors (Lipinski definition) is 3. The van der Waals surface area contributed by atoms with Gasteiger partial charge in [-0.2, -0.15) is 17.9 Å². The summed E-state index contributed by atoms with van der Waals surface area (Å²) in [6, 6.07) is 9.43. The highest BCUT2D eigenvalue weighted by molar-refractivity contribution is 7.89. The van der Waals surface area contributed by atoms with Crippen molar-refractivity contribution in [2.24, 2.45) is 0 Å². The van der Waals surface area contributed by atoms with Crippen LogP contribution in [-0.4, -0.2) is 33.2 Å². The van der Waals surface area contributed by atoms with Gasteiger partial charge in [-0.15, -0.1) is 0 Å². The minimum absolute atomic E-state index is 0.104. The van der Waals surface area contributed by atoms with E-state index < -0.39 is 28.8 Å². The third-order valence-electron chi connectivity index (χ3n) is 4.66. The van der Waals surface area contributed by atoms with Gasteiger partial charge < -0.3 is 4.90 Å². The van der Waals surface area contributed by atoms with Crippen LogP contribution in [0.5, 0.6) is 0 Å². The third-order valence-corrected chi connectivity index (χ3v) is 6.43. The van der Waals surface area contributed by atoms with E-state index in [1.54, 1.807) is 70.2 Å². The first-order valence-corrected chi connectivity index (χ1v) is 10.8. The molecule has 0 saturated heterocycles. The van der Waals surface area contributed by atoms with E-state index in [1.165, 1.54) is 4.90 Å². The van der Waals surface area contributed by atoms with Crippen LogP contribution in [0.15, 0.2) is 47.4 Å². The van der Waals surface area contributed by atoms with Gasteiger partial charge in [-0.3, -0.25) is 0 Å². The third kappa shape index (κ3) is 5.73. The number of hydrogen-bond donors (Lipinski definition) is 1. The quantitative estimate of drug-likeness (QED) is 0.693. The molecule has 0 aromatic heterocycles. The van der Waals surface area contributed by atoms with E-state index in [0.717, 1.165) is 5.56 Å². The first kappa shape index (κ1) is 23.2. The van der Waals surface area contributed by atoms with Gasteiger partial charge in [0.15, 0.2) is 0 Å². The van der Waals surface area contributed by atoms with Crippen molar-refractivity contribution in [3.63, 3.8) is 0 Å². The maximum Gasteiger partial charge on any atom is 0.406 e. The largest absolute Gasteiger partial charge is 0.406 e. The Hall–Kier alpha value is -2.06. The Kier molecular flexibility index (Phi) is 7.01. The normalized spacial score (nSPS) is 13.6. The van der Waals surface area contributed by atoms with Crippen molar-refractivity contribution in [3.05, 3.63) is 59.2 Å². The van der Waals surface area contributed by atoms with Crippen LogP contribution in [0.2, 0.25) is 0 Å². The molecule has 0 aliphatic carbocycles. The van der Waals surface area contributed by atoms with Crippen molar-refractivity contribution in [1.29, 1.82) is 0 Å². The molecule has 0 radical (unpaired) electrons. The van der Waals surface area contributed by atoms with Gasteiger partial charge in [0, 0.05) is 18.3 Å². The van der Waals surface area contributed by atoms with Crippen LogP contribution in [0.4, 0.5) is 18.9 Å². The number of alkyl halides is 3. The molecule has 160 valence electrons. The molecule has 2 aromatic carbocycles. The molecule has 2 aromatic rings. The van der Waals surface area contributed by atoms with Gasteiger partial charge in [0.05, 0.1) is 4.90 Å². The van der Waals surface area contributed by atoms with Gasteiger partial charge in [0.25, 0.3) is 0 Å². The monoisotopic (exact) mass is 428 g/mol. The van der Waals surface area contributed by atoms with Gasteiger partial charge in [-0.25, -0.2) is 8.42 Å². The molecular weight excluding hydrogens is 401 g/mol. The van der Waals surface area contributed by atoms with E-state index in [0.29, 0.717) is 16.8 Å². The molecular formula is C21H27F3N2O2S. The zero-order chi connectivity index (χ0) is 22.0. The number of sulfonamides is 1. The molecule has 1 N–H and O–H groups in total. The Bertz CT molecular complexity index is 919. The second-order valence-electron chi connectivity index (χ2n) is 7.52. The summed E-state index contributed by atoms with van der Waals surface area (Å²) in [6.07, 6.45) is -4.75. The molecule has 1 atom stereocenters. The number of rotatable bonds is 7. The molecule has 0 amide bonds. The average Bonchev–Trinajstić information content (AvgIpc) is 2.56. The second kappa shape index (κ2) is 8.75. The number of anilines is 1. The van der Waals surface area contributed by atoms with E-state index in [1.807, 2.05) is 11.6 Å². The molecule has 2 rings (SSSR count). The number of halogens is 3. The van der Waals surface area contributed by atoms with Gasteiger partial charge in [-0.05, 0) is 57.9 Å². The molecule has 0 bridgehead atoms. The summed E-state index contributed by atoms with van der Waals surface area (Å²) in [6.45, 7) is 7.98. The Morgan fingerprint density at radius 3 is 1.97 bits per heavy atom. The highest BCUT2D eigenvalue weighted by atomic mass is 32.2. The zero-order valence-electron chi connectivity index (χ0n) is 17.2. The predicted molar refractivity (Wildman–Crippen MR) is 110 cm³/mol. The van der Waals surface area contributed by atoms with Crippen molar-refractivity contribution in [3.8, 4) is 0 Å². The summed E-state index contributed by atoms with van der Waals surface area (Å²) in [7, 11) is -4.37. The minimum Gasteiger partial charge on any atom is -0.367 e. The van der Waals surface area contributed by atoms with E-state index in [-0.39, 0.29) is 10.9 Å². The van der Waals surface area contributed by atoms with Crippen LogP contribution >= 0.6 is 0 Å². The van der Waals surface area contributed by atoms with Crippen LogP contribution in [0.25, 0.3) is 0 Å². The maximum atomic E-state index is 13.8. The zero-order valence-corrected chi connectivity index (χ0v) is 18.0. The van der Waals surface area contributed by atoms with Gasteiger partial charge in [-0.1, -0.05) is 35.9 Å². The van der Waals surface area contributed by atoms with Crippen LogP contribution in [0.1, 0.15) is 30.5 Å². The summed E-state index contributed by atoms with van der Waals surface area (Å²) in [4.78, 5) is 1.43. The van der Waals surface area contributed by atoms with Crippen molar-refractivity contribution in [2.45, 2.75) is 57.8 Å². The number of aryl methyl sites for hydroxylation is 3. The summed E-state index contributed by atoms with van der Waals surface area (Å²) < 4.78 is 69.2. The van der Waals surface area contributed by atoms with Crippen LogP contribution in [-0.2, 0) is 10.0 Å². The lowest BCUT2D eigenvalue weighted by Crippen LogP contribution is -2.53. The first-order valence-electron chi connectivity index (χ1n) is 9.31. The van der Waals surface area contributed by atoms with E-state index in [9.17, 15) is 21.6 Å². The fourth-order valence-electron chi connectivity index (χ4n) is 3.47. The summed E-state index contributed by atoms with van der Waals surface area (Å²) in [5.41, 5.74) is 2.28. The predicted octanol–water partition coefficient (Wildman–Crippen LogP) is 4.74. The Morgan fingerprint density at radius 1 is 1.00 bits per heavy atom.